The maximum absolute atomic E-state index is 11.6. The van der Waals surface area contributed by atoms with Gasteiger partial charge in [-0.2, -0.15) is 0 Å². The molecule has 3 heterocycles. The minimum absolute atomic E-state index is 0.0812. The van der Waals surface area contributed by atoms with Crippen LogP contribution in [0.1, 0.15) is 35.9 Å². The Bertz CT molecular complexity index is 1510. The number of esters is 1. The van der Waals surface area contributed by atoms with Crippen LogP contribution in [0.2, 0.25) is 0 Å². The molecule has 0 radical (unpaired) electrons. The van der Waals surface area contributed by atoms with Crippen LogP contribution in [0.15, 0.2) is 58.8 Å². The second-order valence-electron chi connectivity index (χ2n) is 9.52. The first-order chi connectivity index (χ1) is 20.0. The van der Waals surface area contributed by atoms with Crippen LogP contribution < -0.4 is 26.6 Å². The molecule has 1 saturated heterocycles. The Morgan fingerprint density at radius 2 is 1.66 bits per heavy atom. The number of hydrogen-bond donors (Lipinski definition) is 4. The van der Waals surface area contributed by atoms with Crippen molar-refractivity contribution in [1.29, 1.82) is 0 Å². The molecule has 11 nitrogen and oxygen atoms in total. The quantitative estimate of drug-likeness (QED) is 0.0767. The first-order valence-corrected chi connectivity index (χ1v) is 15.1. The molecule has 4 N–H and O–H groups in total. The number of ether oxygens (including phenoxy) is 1. The van der Waals surface area contributed by atoms with E-state index in [1.165, 1.54) is 29.2 Å². The topological polar surface area (TPSA) is 128 Å². The summed E-state index contributed by atoms with van der Waals surface area (Å²) in [5, 5.41) is 19.8. The summed E-state index contributed by atoms with van der Waals surface area (Å²) in [5.74, 6) is -0.333. The van der Waals surface area contributed by atoms with Crippen LogP contribution in [0, 0.1) is 13.8 Å². The lowest BCUT2D eigenvalue weighted by molar-refractivity contribution is -0.142. The number of aromatic nitrogens is 2. The van der Waals surface area contributed by atoms with Crippen LogP contribution in [0.25, 0.3) is 0 Å². The lowest BCUT2D eigenvalue weighted by atomic mass is 10.2. The van der Waals surface area contributed by atoms with Gasteiger partial charge in [0.15, 0.2) is 0 Å². The van der Waals surface area contributed by atoms with Gasteiger partial charge < -0.3 is 25.9 Å². The largest absolute Gasteiger partial charge is 0.466 e. The molecule has 0 saturated carbocycles. The molecular weight excluding hydrogens is 559 g/mol. The van der Waals surface area contributed by atoms with E-state index < -0.39 is 0 Å². The summed E-state index contributed by atoms with van der Waals surface area (Å²) in [6.07, 6.45) is 2.63. The van der Waals surface area contributed by atoms with E-state index in [0.717, 1.165) is 52.0 Å². The highest BCUT2D eigenvalue weighted by Gasteiger charge is 2.14. The number of azo groups is 1. The van der Waals surface area contributed by atoms with Gasteiger partial charge >= 0.3 is 5.97 Å². The number of carbonyl (C=O) groups is 1. The Labute approximate surface area is 247 Å². The van der Waals surface area contributed by atoms with Gasteiger partial charge in [0.25, 0.3) is 5.13 Å². The number of carbonyl (C=O) groups excluding carboxylic acids is 1. The van der Waals surface area contributed by atoms with Gasteiger partial charge in [-0.3, -0.25) is 10.2 Å². The van der Waals surface area contributed by atoms with Crippen LogP contribution in [-0.4, -0.2) is 35.9 Å². The van der Waals surface area contributed by atoms with E-state index >= 15 is 0 Å². The molecule has 4 aromatic rings. The first kappa shape index (κ1) is 28.3. The van der Waals surface area contributed by atoms with E-state index in [4.69, 9.17) is 4.74 Å². The second kappa shape index (κ2) is 13.4. The van der Waals surface area contributed by atoms with Crippen molar-refractivity contribution in [2.75, 3.05) is 46.3 Å². The lowest BCUT2D eigenvalue weighted by Gasteiger charge is -2.15. The van der Waals surface area contributed by atoms with Crippen LogP contribution in [0.4, 0.5) is 37.9 Å². The van der Waals surface area contributed by atoms with E-state index in [1.54, 1.807) is 18.3 Å². The zero-order valence-electron chi connectivity index (χ0n) is 23.2. The van der Waals surface area contributed by atoms with Gasteiger partial charge in [0, 0.05) is 13.1 Å². The summed E-state index contributed by atoms with van der Waals surface area (Å²) in [6.45, 7) is 8.43. The first-order valence-electron chi connectivity index (χ1n) is 13.5. The zero-order chi connectivity index (χ0) is 28.6. The number of thiophene rings is 1. The average Bonchev–Trinajstić information content (AvgIpc) is 3.73. The number of hydrogen-bond acceptors (Lipinski definition) is 13. The van der Waals surface area contributed by atoms with Crippen molar-refractivity contribution in [2.24, 2.45) is 10.2 Å². The number of nitrogens with zero attached hydrogens (tertiary/aromatic N) is 5. The number of aryl methyl sites for hydroxylation is 2. The van der Waals surface area contributed by atoms with Crippen molar-refractivity contribution in [3.05, 3.63) is 64.7 Å². The Balaban J connectivity index is 1.11. The summed E-state index contributed by atoms with van der Waals surface area (Å²) in [7, 11) is 0. The Morgan fingerprint density at radius 3 is 2.41 bits per heavy atom. The fourth-order valence-corrected chi connectivity index (χ4v) is 5.85. The third-order valence-electron chi connectivity index (χ3n) is 6.40. The molecule has 0 spiro atoms. The highest BCUT2D eigenvalue weighted by molar-refractivity contribution is 7.20. The Morgan fingerprint density at radius 1 is 0.902 bits per heavy atom. The van der Waals surface area contributed by atoms with Gasteiger partial charge in [-0.15, -0.1) is 20.4 Å². The van der Waals surface area contributed by atoms with Crippen LogP contribution in [-0.2, 0) is 16.0 Å². The molecule has 0 unspecified atom stereocenters. The zero-order valence-corrected chi connectivity index (χ0v) is 24.9. The van der Waals surface area contributed by atoms with Gasteiger partial charge in [0.1, 0.15) is 10.0 Å². The Kier molecular flexibility index (Phi) is 9.26. The molecule has 0 aliphatic carbocycles. The smallest absolute Gasteiger partial charge is 0.312 e. The summed E-state index contributed by atoms with van der Waals surface area (Å²) in [4.78, 5) is 14.1. The lowest BCUT2D eigenvalue weighted by Crippen LogP contribution is -2.15. The number of hydrazine groups is 2. The van der Waals surface area contributed by atoms with Crippen molar-refractivity contribution >= 4 is 66.5 Å². The number of nitrogens with one attached hydrogen (secondary N) is 4. The van der Waals surface area contributed by atoms with Crippen molar-refractivity contribution in [3.8, 4) is 0 Å². The monoisotopic (exact) mass is 591 g/mol. The molecule has 0 amide bonds. The number of anilines is 5. The molecule has 1 aliphatic rings. The molecular formula is C28H33N9O2S2. The van der Waals surface area contributed by atoms with Crippen molar-refractivity contribution in [3.63, 3.8) is 0 Å². The van der Waals surface area contributed by atoms with E-state index in [1.807, 2.05) is 37.3 Å². The predicted molar refractivity (Wildman–Crippen MR) is 167 cm³/mol. The molecule has 5 rings (SSSR count). The van der Waals surface area contributed by atoms with Crippen molar-refractivity contribution in [1.82, 2.24) is 10.2 Å². The molecule has 2 aromatic heterocycles. The van der Waals surface area contributed by atoms with Crippen molar-refractivity contribution in [2.45, 2.75) is 40.0 Å². The van der Waals surface area contributed by atoms with E-state index in [2.05, 4.69) is 72.2 Å². The summed E-state index contributed by atoms with van der Waals surface area (Å²) < 4.78 is 4.94. The van der Waals surface area contributed by atoms with Gasteiger partial charge in [-0.05, 0) is 93.3 Å². The van der Waals surface area contributed by atoms with Crippen LogP contribution >= 0.6 is 22.7 Å². The number of rotatable bonds is 12. The fraction of sp³-hybridized carbons (Fsp3) is 0.321. The maximum atomic E-state index is 11.6. The number of benzene rings is 2. The van der Waals surface area contributed by atoms with Crippen molar-refractivity contribution < 1.29 is 9.53 Å². The van der Waals surface area contributed by atoms with Gasteiger partial charge in [-0.25, -0.2) is 0 Å². The summed E-state index contributed by atoms with van der Waals surface area (Å²) in [6, 6.07) is 16.2. The molecule has 41 heavy (non-hydrogen) atoms. The standard InChI is InChI=1S/C28H33N9O2S2/c1-4-39-27(38)17-25-34-36-28(41-25)35-32-23-10-7-20(15-19(23)3)29-31-22-9-8-21(16-18(22)2)30-33-24-11-12-26(40-24)37-13-5-6-14-37/h7-12,15-16,29-31,33H,4-6,13-14,17H2,1-3H3/b35-32+. The molecule has 1 aliphatic heterocycles. The maximum Gasteiger partial charge on any atom is 0.312 e. The molecule has 0 atom stereocenters. The SMILES string of the molecule is CCOC(=O)Cc1nnc(/N=N/c2ccc(NNc3ccc(NNc4ccc(N5CCCC5)s4)cc3C)cc2C)s1. The highest BCUT2D eigenvalue weighted by atomic mass is 32.1. The highest BCUT2D eigenvalue weighted by Crippen LogP contribution is 2.32. The third kappa shape index (κ3) is 7.70. The van der Waals surface area contributed by atoms with Gasteiger partial charge in [-0.1, -0.05) is 22.7 Å². The normalized spacial score (nSPS) is 13.0. The summed E-state index contributed by atoms with van der Waals surface area (Å²) >= 11 is 2.98. The average molecular weight is 592 g/mol. The van der Waals surface area contributed by atoms with Crippen LogP contribution in [0.3, 0.4) is 0 Å². The van der Waals surface area contributed by atoms with Gasteiger partial charge in [0.05, 0.1) is 40.8 Å². The molecule has 2 aromatic carbocycles. The van der Waals surface area contributed by atoms with Gasteiger partial charge in [0.2, 0.25) is 0 Å². The minimum atomic E-state index is -0.333. The third-order valence-corrected chi connectivity index (χ3v) is 8.27. The van der Waals surface area contributed by atoms with E-state index in [-0.39, 0.29) is 12.4 Å². The van der Waals surface area contributed by atoms with E-state index in [0.29, 0.717) is 16.7 Å². The molecule has 1 fully saturated rings. The molecule has 214 valence electrons. The van der Waals surface area contributed by atoms with E-state index in [9.17, 15) is 4.79 Å². The fourth-order valence-electron chi connectivity index (χ4n) is 4.29. The Hall–Kier alpha value is -4.23. The minimum Gasteiger partial charge on any atom is -0.466 e. The summed E-state index contributed by atoms with van der Waals surface area (Å²) in [5.41, 5.74) is 18.8. The van der Waals surface area contributed by atoms with Crippen LogP contribution in [0.5, 0.6) is 0 Å². The molecule has 13 heteroatoms. The second-order valence-corrected chi connectivity index (χ2v) is 11.6. The molecule has 0 bridgehead atoms. The predicted octanol–water partition coefficient (Wildman–Crippen LogP) is 7.22.